The molecule has 0 amide bonds. The Kier molecular flexibility index (Phi) is 5.14. The molecule has 0 aliphatic heterocycles. The van der Waals surface area contributed by atoms with Gasteiger partial charge >= 0.3 is 5.97 Å². The minimum Gasteiger partial charge on any atom is -0.465 e. The Morgan fingerprint density at radius 3 is 2.90 bits per heavy atom. The number of thioether (sulfide) groups is 1. The average Bonchev–Trinajstić information content (AvgIpc) is 2.46. The van der Waals surface area contributed by atoms with Crippen molar-refractivity contribution < 1.29 is 13.9 Å². The van der Waals surface area contributed by atoms with Gasteiger partial charge in [-0.2, -0.15) is 0 Å². The minimum atomic E-state index is -0.672. The predicted octanol–water partition coefficient (Wildman–Crippen LogP) is 4.06. The highest BCUT2D eigenvalue weighted by molar-refractivity contribution is 9.10. The molecule has 0 aliphatic rings. The van der Waals surface area contributed by atoms with Crippen LogP contribution in [0.3, 0.4) is 0 Å². The first kappa shape index (κ1) is 15.0. The SMILES string of the molecule is COC(=O)c1ccc(CSc2ncccc2Br)cc1F. The molecule has 1 aromatic carbocycles. The second-order valence-electron chi connectivity index (χ2n) is 3.88. The monoisotopic (exact) mass is 355 g/mol. The molecule has 2 rings (SSSR count). The van der Waals surface area contributed by atoms with Crippen molar-refractivity contribution in [2.24, 2.45) is 0 Å². The average molecular weight is 356 g/mol. The summed E-state index contributed by atoms with van der Waals surface area (Å²) in [6.45, 7) is 0. The number of halogens is 2. The zero-order valence-corrected chi connectivity index (χ0v) is 13.0. The number of carbonyl (C=O) groups is 1. The molecule has 0 saturated carbocycles. The fraction of sp³-hybridized carbons (Fsp3) is 0.143. The maximum absolute atomic E-state index is 13.8. The lowest BCUT2D eigenvalue weighted by Crippen LogP contribution is -2.04. The van der Waals surface area contributed by atoms with Crippen molar-refractivity contribution in [3.63, 3.8) is 0 Å². The second kappa shape index (κ2) is 6.85. The standard InChI is InChI=1S/C14H11BrFNO2S/c1-19-14(18)10-5-4-9(7-12(10)16)8-20-13-11(15)3-2-6-17-13/h2-7H,8H2,1H3. The van der Waals surface area contributed by atoms with Crippen LogP contribution in [0.4, 0.5) is 4.39 Å². The van der Waals surface area contributed by atoms with Gasteiger partial charge in [0.15, 0.2) is 0 Å². The molecular weight excluding hydrogens is 345 g/mol. The summed E-state index contributed by atoms with van der Waals surface area (Å²) in [4.78, 5) is 15.5. The lowest BCUT2D eigenvalue weighted by atomic mass is 10.1. The molecule has 3 nitrogen and oxygen atoms in total. The number of hydrogen-bond donors (Lipinski definition) is 0. The van der Waals surface area contributed by atoms with Crippen molar-refractivity contribution >= 4 is 33.7 Å². The van der Waals surface area contributed by atoms with Gasteiger partial charge in [0, 0.05) is 16.4 Å². The number of aromatic nitrogens is 1. The number of rotatable bonds is 4. The molecule has 0 atom stereocenters. The predicted molar refractivity (Wildman–Crippen MR) is 79.2 cm³/mol. The number of esters is 1. The van der Waals surface area contributed by atoms with Crippen LogP contribution in [0, 0.1) is 5.82 Å². The summed E-state index contributed by atoms with van der Waals surface area (Å²) in [6.07, 6.45) is 1.70. The molecule has 104 valence electrons. The van der Waals surface area contributed by atoms with Crippen LogP contribution in [0.5, 0.6) is 0 Å². The fourth-order valence-corrected chi connectivity index (χ4v) is 2.98. The van der Waals surface area contributed by atoms with E-state index in [1.807, 2.05) is 12.1 Å². The molecule has 20 heavy (non-hydrogen) atoms. The summed E-state index contributed by atoms with van der Waals surface area (Å²) < 4.78 is 19.2. The van der Waals surface area contributed by atoms with E-state index in [2.05, 4.69) is 25.7 Å². The van der Waals surface area contributed by atoms with E-state index >= 15 is 0 Å². The van der Waals surface area contributed by atoms with Gasteiger partial charge in [-0.3, -0.25) is 0 Å². The van der Waals surface area contributed by atoms with Crippen LogP contribution in [-0.2, 0) is 10.5 Å². The van der Waals surface area contributed by atoms with Gasteiger partial charge in [0.05, 0.1) is 12.7 Å². The molecule has 0 N–H and O–H groups in total. The molecule has 6 heteroatoms. The van der Waals surface area contributed by atoms with E-state index in [0.29, 0.717) is 5.75 Å². The number of ether oxygens (including phenoxy) is 1. The smallest absolute Gasteiger partial charge is 0.340 e. The van der Waals surface area contributed by atoms with Gasteiger partial charge in [0.2, 0.25) is 0 Å². The molecule has 1 heterocycles. The van der Waals surface area contributed by atoms with E-state index in [-0.39, 0.29) is 5.56 Å². The molecule has 0 radical (unpaired) electrons. The molecule has 0 bridgehead atoms. The van der Waals surface area contributed by atoms with E-state index < -0.39 is 11.8 Å². The van der Waals surface area contributed by atoms with Gasteiger partial charge in [0.25, 0.3) is 0 Å². The Labute approximate surface area is 128 Å². The molecule has 1 aromatic heterocycles. The minimum absolute atomic E-state index is 0.0553. The lowest BCUT2D eigenvalue weighted by molar-refractivity contribution is 0.0595. The highest BCUT2D eigenvalue weighted by Crippen LogP contribution is 2.28. The van der Waals surface area contributed by atoms with E-state index in [1.54, 1.807) is 12.3 Å². The van der Waals surface area contributed by atoms with Gasteiger partial charge in [-0.25, -0.2) is 14.2 Å². The van der Waals surface area contributed by atoms with Crippen LogP contribution >= 0.6 is 27.7 Å². The molecule has 0 fully saturated rings. The molecule has 0 saturated heterocycles. The maximum Gasteiger partial charge on any atom is 0.340 e. The van der Waals surface area contributed by atoms with Crippen molar-refractivity contribution in [2.75, 3.05) is 7.11 Å². The van der Waals surface area contributed by atoms with E-state index in [9.17, 15) is 9.18 Å². The number of pyridine rings is 1. The Morgan fingerprint density at radius 2 is 2.25 bits per heavy atom. The Balaban J connectivity index is 2.10. The number of benzene rings is 1. The van der Waals surface area contributed by atoms with Crippen LogP contribution in [0.25, 0.3) is 0 Å². The zero-order valence-electron chi connectivity index (χ0n) is 10.6. The van der Waals surface area contributed by atoms with Gasteiger partial charge in [0.1, 0.15) is 10.8 Å². The van der Waals surface area contributed by atoms with Crippen LogP contribution in [-0.4, -0.2) is 18.1 Å². The maximum atomic E-state index is 13.8. The van der Waals surface area contributed by atoms with Crippen molar-refractivity contribution in [3.05, 3.63) is 57.9 Å². The summed E-state index contributed by atoms with van der Waals surface area (Å²) >= 11 is 4.89. The van der Waals surface area contributed by atoms with Gasteiger partial charge in [-0.15, -0.1) is 11.8 Å². The number of hydrogen-bond acceptors (Lipinski definition) is 4. The first-order valence-electron chi connectivity index (χ1n) is 5.72. The Hall–Kier alpha value is -1.40. The molecule has 0 spiro atoms. The number of nitrogens with zero attached hydrogens (tertiary/aromatic N) is 1. The van der Waals surface area contributed by atoms with Crippen molar-refractivity contribution in [2.45, 2.75) is 10.8 Å². The van der Waals surface area contributed by atoms with Gasteiger partial charge in [-0.1, -0.05) is 6.07 Å². The van der Waals surface area contributed by atoms with Crippen LogP contribution in [0.2, 0.25) is 0 Å². The topological polar surface area (TPSA) is 39.2 Å². The van der Waals surface area contributed by atoms with Crippen molar-refractivity contribution in [1.29, 1.82) is 0 Å². The summed E-state index contributed by atoms with van der Waals surface area (Å²) in [6, 6.07) is 8.22. The van der Waals surface area contributed by atoms with Crippen LogP contribution < -0.4 is 0 Å². The Bertz CT molecular complexity index is 636. The molecular formula is C14H11BrFNO2S. The van der Waals surface area contributed by atoms with Crippen LogP contribution in [0.15, 0.2) is 46.0 Å². The summed E-state index contributed by atoms with van der Waals surface area (Å²) in [5, 5.41) is 0.838. The highest BCUT2D eigenvalue weighted by Gasteiger charge is 2.12. The quantitative estimate of drug-likeness (QED) is 0.612. The van der Waals surface area contributed by atoms with Gasteiger partial charge in [-0.05, 0) is 45.8 Å². The summed E-state index contributed by atoms with van der Waals surface area (Å²) in [7, 11) is 1.23. The number of methoxy groups -OCH3 is 1. The largest absolute Gasteiger partial charge is 0.465 e. The molecule has 0 aliphatic carbocycles. The third kappa shape index (κ3) is 3.58. The first-order valence-corrected chi connectivity index (χ1v) is 7.49. The van der Waals surface area contributed by atoms with E-state index in [0.717, 1.165) is 15.1 Å². The normalized spacial score (nSPS) is 10.3. The van der Waals surface area contributed by atoms with E-state index in [1.165, 1.54) is 31.0 Å². The third-order valence-electron chi connectivity index (χ3n) is 2.54. The second-order valence-corrected chi connectivity index (χ2v) is 5.70. The summed E-state index contributed by atoms with van der Waals surface area (Å²) in [5.41, 5.74) is 0.720. The zero-order chi connectivity index (χ0) is 14.5. The van der Waals surface area contributed by atoms with Crippen molar-refractivity contribution in [1.82, 2.24) is 4.98 Å². The lowest BCUT2D eigenvalue weighted by Gasteiger charge is -2.05. The molecule has 2 aromatic rings. The van der Waals surface area contributed by atoms with E-state index in [4.69, 9.17) is 0 Å². The number of carbonyl (C=O) groups excluding carboxylic acids is 1. The first-order chi connectivity index (χ1) is 9.61. The Morgan fingerprint density at radius 1 is 1.45 bits per heavy atom. The van der Waals surface area contributed by atoms with Crippen LogP contribution in [0.1, 0.15) is 15.9 Å². The summed E-state index contributed by atoms with van der Waals surface area (Å²) in [5.74, 6) is -0.683. The van der Waals surface area contributed by atoms with Crippen molar-refractivity contribution in [3.8, 4) is 0 Å². The van der Waals surface area contributed by atoms with Gasteiger partial charge < -0.3 is 4.74 Å². The molecule has 0 unspecified atom stereocenters. The fourth-order valence-electron chi connectivity index (χ4n) is 1.55. The highest BCUT2D eigenvalue weighted by atomic mass is 79.9. The third-order valence-corrected chi connectivity index (χ3v) is 4.52.